The van der Waals surface area contributed by atoms with E-state index in [1.165, 1.54) is 6.42 Å². The van der Waals surface area contributed by atoms with Gasteiger partial charge >= 0.3 is 0 Å². The standard InChI is InChI=1S/C14H17Cl2NO/c1-9-4-3-5-10(2)17(9)14(18)11-6-12(15)8-13(16)7-11/h6-10H,3-5H2,1-2H3/t9-,10+. The van der Waals surface area contributed by atoms with E-state index < -0.39 is 0 Å². The molecule has 1 aliphatic rings. The van der Waals surface area contributed by atoms with Crippen LogP contribution in [0.2, 0.25) is 10.0 Å². The van der Waals surface area contributed by atoms with Gasteiger partial charge in [-0.05, 0) is 51.3 Å². The van der Waals surface area contributed by atoms with E-state index in [2.05, 4.69) is 13.8 Å². The molecular weight excluding hydrogens is 269 g/mol. The monoisotopic (exact) mass is 285 g/mol. The maximum Gasteiger partial charge on any atom is 0.254 e. The number of carbonyl (C=O) groups is 1. The zero-order chi connectivity index (χ0) is 13.3. The highest BCUT2D eigenvalue weighted by atomic mass is 35.5. The number of nitrogens with zero attached hydrogens (tertiary/aromatic N) is 1. The number of likely N-dealkylation sites (tertiary alicyclic amines) is 1. The highest BCUT2D eigenvalue weighted by Gasteiger charge is 2.29. The molecule has 1 aromatic carbocycles. The minimum atomic E-state index is 0.0269. The summed E-state index contributed by atoms with van der Waals surface area (Å²) in [6.07, 6.45) is 3.30. The van der Waals surface area contributed by atoms with Crippen molar-refractivity contribution in [3.05, 3.63) is 33.8 Å². The second-order valence-corrected chi connectivity index (χ2v) is 5.87. The summed E-state index contributed by atoms with van der Waals surface area (Å²) in [7, 11) is 0. The van der Waals surface area contributed by atoms with Crippen LogP contribution >= 0.6 is 23.2 Å². The van der Waals surface area contributed by atoms with E-state index in [9.17, 15) is 4.79 Å². The van der Waals surface area contributed by atoms with Gasteiger partial charge in [0.05, 0.1) is 0 Å². The number of rotatable bonds is 1. The van der Waals surface area contributed by atoms with E-state index in [-0.39, 0.29) is 18.0 Å². The zero-order valence-corrected chi connectivity index (χ0v) is 12.1. The summed E-state index contributed by atoms with van der Waals surface area (Å²) in [5, 5.41) is 1.01. The molecule has 0 N–H and O–H groups in total. The number of hydrogen-bond acceptors (Lipinski definition) is 1. The van der Waals surface area contributed by atoms with Gasteiger partial charge in [0.1, 0.15) is 0 Å². The Bertz CT molecular complexity index is 431. The lowest BCUT2D eigenvalue weighted by molar-refractivity contribution is 0.0511. The second kappa shape index (κ2) is 5.50. The van der Waals surface area contributed by atoms with Gasteiger partial charge < -0.3 is 4.90 Å². The molecule has 2 atom stereocenters. The lowest BCUT2D eigenvalue weighted by atomic mass is 9.96. The SMILES string of the molecule is C[C@@H]1CCC[C@H](C)N1C(=O)c1cc(Cl)cc(Cl)c1. The van der Waals surface area contributed by atoms with Gasteiger partial charge in [-0.15, -0.1) is 0 Å². The van der Waals surface area contributed by atoms with Gasteiger partial charge in [0.15, 0.2) is 0 Å². The molecule has 0 aromatic heterocycles. The van der Waals surface area contributed by atoms with E-state index in [0.717, 1.165) is 12.8 Å². The summed E-state index contributed by atoms with van der Waals surface area (Å²) in [6, 6.07) is 5.56. The van der Waals surface area contributed by atoms with Crippen molar-refractivity contribution in [2.75, 3.05) is 0 Å². The molecule has 0 unspecified atom stereocenters. The number of amides is 1. The van der Waals surface area contributed by atoms with Crippen LogP contribution in [0.25, 0.3) is 0 Å². The first-order valence-electron chi connectivity index (χ1n) is 6.28. The largest absolute Gasteiger partial charge is 0.333 e. The Balaban J connectivity index is 2.29. The molecule has 18 heavy (non-hydrogen) atoms. The Kier molecular flexibility index (Phi) is 4.18. The number of benzene rings is 1. The molecule has 1 saturated heterocycles. The molecule has 0 aliphatic carbocycles. The molecule has 4 heteroatoms. The van der Waals surface area contributed by atoms with Gasteiger partial charge in [-0.2, -0.15) is 0 Å². The molecule has 0 bridgehead atoms. The van der Waals surface area contributed by atoms with Gasteiger partial charge in [0.25, 0.3) is 5.91 Å². The van der Waals surface area contributed by atoms with Crippen LogP contribution in [-0.4, -0.2) is 22.9 Å². The number of carbonyl (C=O) groups excluding carboxylic acids is 1. The Morgan fingerprint density at radius 2 is 1.61 bits per heavy atom. The fourth-order valence-corrected chi connectivity index (χ4v) is 3.17. The third kappa shape index (κ3) is 2.81. The molecule has 1 amide bonds. The Morgan fingerprint density at radius 3 is 2.11 bits per heavy atom. The zero-order valence-electron chi connectivity index (χ0n) is 10.6. The fraction of sp³-hybridized carbons (Fsp3) is 0.500. The normalized spacial score (nSPS) is 24.1. The topological polar surface area (TPSA) is 20.3 Å². The van der Waals surface area contributed by atoms with Gasteiger partial charge in [-0.1, -0.05) is 23.2 Å². The van der Waals surface area contributed by atoms with E-state index in [1.54, 1.807) is 18.2 Å². The van der Waals surface area contributed by atoms with Crippen LogP contribution in [0.5, 0.6) is 0 Å². The highest BCUT2D eigenvalue weighted by molar-refractivity contribution is 6.35. The Labute approximate surface area is 118 Å². The maximum absolute atomic E-state index is 12.5. The molecule has 0 spiro atoms. The minimum Gasteiger partial charge on any atom is -0.333 e. The Hall–Kier alpha value is -0.730. The number of piperidine rings is 1. The highest BCUT2D eigenvalue weighted by Crippen LogP contribution is 2.26. The van der Waals surface area contributed by atoms with Crippen LogP contribution in [0.15, 0.2) is 18.2 Å². The van der Waals surface area contributed by atoms with Crippen molar-refractivity contribution in [2.24, 2.45) is 0 Å². The van der Waals surface area contributed by atoms with Crippen molar-refractivity contribution in [3.63, 3.8) is 0 Å². The third-order valence-corrected chi connectivity index (χ3v) is 3.97. The minimum absolute atomic E-state index is 0.0269. The molecule has 1 fully saturated rings. The van der Waals surface area contributed by atoms with E-state index >= 15 is 0 Å². The summed E-state index contributed by atoms with van der Waals surface area (Å²) in [5.74, 6) is 0.0269. The smallest absolute Gasteiger partial charge is 0.254 e. The lowest BCUT2D eigenvalue weighted by Gasteiger charge is -2.39. The van der Waals surface area contributed by atoms with Crippen molar-refractivity contribution >= 4 is 29.1 Å². The lowest BCUT2D eigenvalue weighted by Crippen LogP contribution is -2.47. The van der Waals surface area contributed by atoms with E-state index in [1.807, 2.05) is 4.90 Å². The number of hydrogen-bond donors (Lipinski definition) is 0. The first-order valence-corrected chi connectivity index (χ1v) is 7.03. The van der Waals surface area contributed by atoms with Crippen LogP contribution in [0.1, 0.15) is 43.5 Å². The molecule has 2 nitrogen and oxygen atoms in total. The fourth-order valence-electron chi connectivity index (χ4n) is 2.65. The van der Waals surface area contributed by atoms with Gasteiger partial charge in [0, 0.05) is 27.7 Å². The van der Waals surface area contributed by atoms with Gasteiger partial charge in [-0.3, -0.25) is 4.79 Å². The van der Waals surface area contributed by atoms with Crippen LogP contribution < -0.4 is 0 Å². The molecular formula is C14H17Cl2NO. The van der Waals surface area contributed by atoms with Crippen LogP contribution in [0.4, 0.5) is 0 Å². The van der Waals surface area contributed by atoms with E-state index in [0.29, 0.717) is 15.6 Å². The first-order chi connectivity index (χ1) is 8.49. The maximum atomic E-state index is 12.5. The Morgan fingerprint density at radius 1 is 1.11 bits per heavy atom. The quantitative estimate of drug-likeness (QED) is 0.749. The summed E-state index contributed by atoms with van der Waals surface area (Å²) in [4.78, 5) is 14.5. The summed E-state index contributed by atoms with van der Waals surface area (Å²) < 4.78 is 0. The predicted octanol–water partition coefficient (Wildman–Crippen LogP) is 4.40. The molecule has 0 radical (unpaired) electrons. The molecule has 1 heterocycles. The molecule has 0 saturated carbocycles. The predicted molar refractivity (Wildman–Crippen MR) is 75.4 cm³/mol. The molecule has 1 aromatic rings. The van der Waals surface area contributed by atoms with Crippen molar-refractivity contribution in [3.8, 4) is 0 Å². The molecule has 1 aliphatic heterocycles. The average Bonchev–Trinajstić information content (AvgIpc) is 2.27. The average molecular weight is 286 g/mol. The second-order valence-electron chi connectivity index (χ2n) is 5.00. The van der Waals surface area contributed by atoms with Crippen molar-refractivity contribution < 1.29 is 4.79 Å². The van der Waals surface area contributed by atoms with Crippen LogP contribution in [-0.2, 0) is 0 Å². The summed E-state index contributed by atoms with van der Waals surface area (Å²) >= 11 is 11.9. The van der Waals surface area contributed by atoms with Crippen LogP contribution in [0.3, 0.4) is 0 Å². The van der Waals surface area contributed by atoms with E-state index in [4.69, 9.17) is 23.2 Å². The van der Waals surface area contributed by atoms with Crippen LogP contribution in [0, 0.1) is 0 Å². The van der Waals surface area contributed by atoms with Crippen molar-refractivity contribution in [1.82, 2.24) is 4.90 Å². The van der Waals surface area contributed by atoms with Gasteiger partial charge in [0.2, 0.25) is 0 Å². The third-order valence-electron chi connectivity index (χ3n) is 3.54. The molecule has 2 rings (SSSR count). The van der Waals surface area contributed by atoms with Crippen molar-refractivity contribution in [2.45, 2.75) is 45.2 Å². The summed E-state index contributed by atoms with van der Waals surface area (Å²) in [6.45, 7) is 4.19. The number of halogens is 2. The van der Waals surface area contributed by atoms with Gasteiger partial charge in [-0.25, -0.2) is 0 Å². The first kappa shape index (κ1) is 13.7. The van der Waals surface area contributed by atoms with Crippen molar-refractivity contribution in [1.29, 1.82) is 0 Å². The molecule has 98 valence electrons. The summed E-state index contributed by atoms with van der Waals surface area (Å²) in [5.41, 5.74) is 0.577.